The molecular weight excluding hydrogens is 1410 g/mol. The summed E-state index contributed by atoms with van der Waals surface area (Å²) < 4.78 is 6.93. The van der Waals surface area contributed by atoms with Crippen LogP contribution in [0, 0.1) is 262 Å². The minimum Gasteiger partial charge on any atom is -0.497 e. The molecule has 30 nitrogen and oxygen atoms in total. The lowest BCUT2D eigenvalue weighted by Gasteiger charge is -2.28. The molecule has 0 aliphatic carbocycles. The van der Waals surface area contributed by atoms with Crippen LogP contribution in [0.15, 0.2) is 102 Å². The van der Waals surface area contributed by atoms with Crippen LogP contribution in [0.4, 0.5) is 0 Å². The zero-order valence-corrected chi connectivity index (χ0v) is 59.9. The zero-order chi connectivity index (χ0) is 80.9. The van der Waals surface area contributed by atoms with Crippen molar-refractivity contribution in [1.29, 1.82) is 5.53 Å². The Bertz CT molecular complexity index is 5240. The van der Waals surface area contributed by atoms with Gasteiger partial charge in [0.1, 0.15) is 5.75 Å². The van der Waals surface area contributed by atoms with E-state index in [1.165, 1.54) is 0 Å². The van der Waals surface area contributed by atoms with E-state index in [4.69, 9.17) is 38.7 Å². The summed E-state index contributed by atoms with van der Waals surface area (Å²) in [6.07, 6.45) is 6.08. The van der Waals surface area contributed by atoms with E-state index in [0.29, 0.717) is 36.4 Å². The van der Waals surface area contributed by atoms with Crippen LogP contribution in [0.3, 0.4) is 0 Å². The number of nitrogens with zero attached hydrogens (tertiary/aromatic N) is 11. The molecule has 10 N–H and O–H groups in total. The van der Waals surface area contributed by atoms with E-state index in [1.807, 2.05) is 70.2 Å². The van der Waals surface area contributed by atoms with Gasteiger partial charge in [0.25, 0.3) is 5.91 Å². The maximum atomic E-state index is 14.1. The fourth-order valence-corrected chi connectivity index (χ4v) is 7.80. The highest BCUT2D eigenvalue weighted by atomic mass is 17.7. The van der Waals surface area contributed by atoms with Gasteiger partial charge in [0, 0.05) is 207 Å². The third kappa shape index (κ3) is 46.5. The molecule has 0 saturated carbocycles. The molecule has 0 saturated heterocycles. The van der Waals surface area contributed by atoms with Crippen molar-refractivity contribution in [2.45, 2.75) is 98.6 Å². The van der Waals surface area contributed by atoms with Gasteiger partial charge in [-0.1, -0.05) is 76.4 Å². The van der Waals surface area contributed by atoms with Crippen molar-refractivity contribution in [3.05, 3.63) is 77.6 Å². The summed E-state index contributed by atoms with van der Waals surface area (Å²) in [4.78, 5) is 79.0. The molecule has 0 radical (unpaired) electrons. The van der Waals surface area contributed by atoms with Crippen LogP contribution in [-0.2, 0) is 50.7 Å². The number of benzene rings is 2. The molecule has 2 aromatic carbocycles. The van der Waals surface area contributed by atoms with Crippen molar-refractivity contribution < 1.29 is 105 Å². The van der Waals surface area contributed by atoms with Crippen molar-refractivity contribution in [2.24, 2.45) is 76.7 Å². The summed E-state index contributed by atoms with van der Waals surface area (Å²) in [5.74, 6) is 87.4. The molecule has 0 unspecified atom stereocenters. The first-order valence-electron chi connectivity index (χ1n) is 31.5. The number of carbonyl (C=O) groups excluding carboxylic acids is 4. The van der Waals surface area contributed by atoms with E-state index in [9.17, 15) is 29.1 Å². The maximum Gasteiger partial charge on any atom is 0.307 e. The van der Waals surface area contributed by atoms with Gasteiger partial charge >= 0.3 is 5.97 Å². The van der Waals surface area contributed by atoms with Gasteiger partial charge in [0.2, 0.25) is 5.91 Å². The number of Topliss-reactive ketones (excluding diaryl/α,β-unsaturated/α-hetero) is 2. The molecule has 0 aliphatic heterocycles. The highest BCUT2D eigenvalue weighted by Crippen LogP contribution is 2.23. The summed E-state index contributed by atoms with van der Waals surface area (Å²) >= 11 is 0. The smallest absolute Gasteiger partial charge is 0.307 e. The summed E-state index contributed by atoms with van der Waals surface area (Å²) in [6.45, 7) is 11.3. The second-order valence-electron chi connectivity index (χ2n) is 20.5. The number of aliphatic imine (C=N–C) groups is 1. The van der Waals surface area contributed by atoms with E-state index in [1.54, 1.807) is 43.8 Å². The normalized spacial score (nSPS) is 10.0. The molecular formula is C80H114N16O14. The first-order valence-corrected chi connectivity index (χ1v) is 31.5. The van der Waals surface area contributed by atoms with Crippen LogP contribution in [0.5, 0.6) is 5.75 Å². The van der Waals surface area contributed by atoms with E-state index in [2.05, 4.69) is 301 Å². The van der Waals surface area contributed by atoms with Crippen molar-refractivity contribution >= 4 is 35.3 Å². The Morgan fingerprint density at radius 2 is 1.13 bits per heavy atom. The number of nitrogens with two attached hydrogens (primary N) is 2. The molecule has 3 rings (SSSR count). The van der Waals surface area contributed by atoms with E-state index in [-0.39, 0.29) is 108 Å². The average Bonchev–Trinajstić information content (AvgIpc) is 1.70. The monoisotopic (exact) mass is 1520 g/mol. The van der Waals surface area contributed by atoms with Gasteiger partial charge < -0.3 is 31.9 Å². The third-order valence-electron chi connectivity index (χ3n) is 12.5. The van der Waals surface area contributed by atoms with Gasteiger partial charge in [-0.15, -0.1) is 6.42 Å². The summed E-state index contributed by atoms with van der Waals surface area (Å²) in [7, 11) is 1.56. The number of carboxylic acids is 1. The predicted molar refractivity (Wildman–Crippen MR) is 450 cm³/mol. The number of aliphatic carboxylic acids is 1. The predicted octanol–water partition coefficient (Wildman–Crippen LogP) is 12.2. The molecule has 5 atom stereocenters. The topological polar surface area (TPSA) is 421 Å². The van der Waals surface area contributed by atoms with E-state index in [0.717, 1.165) is 5.56 Å². The lowest BCUT2D eigenvalue weighted by Crippen LogP contribution is -2.49. The number of nitrogens with one attached hydrogen (secondary N) is 3. The molecule has 0 fully saturated rings. The third-order valence-corrected chi connectivity index (χ3v) is 12.5. The van der Waals surface area contributed by atoms with Crippen molar-refractivity contribution in [1.82, 2.24) is 25.7 Å². The Balaban J connectivity index is -0.0000000590. The van der Waals surface area contributed by atoms with Crippen molar-refractivity contribution in [2.75, 3.05) is 13.7 Å². The number of ether oxygens (including phenoxy) is 1. The Hall–Kier alpha value is -16.0. The number of guanidine groups is 1. The van der Waals surface area contributed by atoms with Crippen LogP contribution in [0.1, 0.15) is 131 Å². The number of hydrogen-bond donors (Lipinski definition) is 8. The number of amides is 2. The second kappa shape index (κ2) is 61.7. The van der Waals surface area contributed by atoms with Crippen LogP contribution < -0.4 is 26.8 Å². The molecule has 598 valence electrons. The van der Waals surface area contributed by atoms with Gasteiger partial charge in [-0.3, -0.25) is 29.0 Å². The Morgan fingerprint density at radius 1 is 0.636 bits per heavy atom. The first-order chi connectivity index (χ1) is 53.4. The summed E-state index contributed by atoms with van der Waals surface area (Å²) in [5, 5.41) is 64.1. The average molecular weight is 1520 g/mol. The number of carbonyl (C=O) groups is 5. The van der Waals surface area contributed by atoms with Crippen LogP contribution in [0.25, 0.3) is 5.69 Å². The fourth-order valence-electron chi connectivity index (χ4n) is 7.80. The summed E-state index contributed by atoms with van der Waals surface area (Å²) in [6, 6.07) is 16.0. The number of rotatable bonds is 32. The molecule has 30 heteroatoms. The highest BCUT2D eigenvalue weighted by molar-refractivity contribution is 5.98. The molecule has 0 aliphatic rings. The van der Waals surface area contributed by atoms with Crippen LogP contribution in [0.2, 0.25) is 0 Å². The molecule has 3 aromatic rings. The maximum absolute atomic E-state index is 14.1. The van der Waals surface area contributed by atoms with Crippen LogP contribution in [-0.4, -0.2) is 91.8 Å². The molecule has 0 spiro atoms. The minimum absolute atomic E-state index is 0. The lowest BCUT2D eigenvalue weighted by molar-refractivity contribution is -0.741. The van der Waals surface area contributed by atoms with Crippen LogP contribution >= 0.6 is 0 Å². The molecule has 0 bridgehead atoms. The number of ketones is 2. The Morgan fingerprint density at radius 3 is 1.57 bits per heavy atom. The van der Waals surface area contributed by atoms with Gasteiger partial charge in [0.05, 0.1) is 36.1 Å². The van der Waals surface area contributed by atoms with E-state index < -0.39 is 41.7 Å². The molecule has 1 aromatic heterocycles. The van der Waals surface area contributed by atoms with Gasteiger partial charge in [0.15, 0.2) is 23.2 Å². The zero-order valence-electron chi connectivity index (χ0n) is 59.9. The standard InChI is InChI=1S/C41H57N7O7.C39H4.H3N9O7.25H2/c1-7-26(4)37(36(50)23-30(40(53)54)21-28-13-9-8-10-14-28)46-38(51)29(19-25(2)3)22-35(49)33(17-12-18-44-41(42)43)45-39(52)34-20-27(5)48(47-34)31-15-11-16-32(24-31)55-6;1-3-5-7-9-11-13-15-17-19-21-23-25-27-29-31-33-35-37-39-38-36-34-32-30-28-26-24-22-20-18-16-14-12-10-8-6-4-2;1-2-3-4-5-6-7-8-9(12-14-10)13-16-15-11;;;;;;;;;;;;;;;;;;;;;;;;;/h8-11,13-16,20,24-26,29-30,33,37H,7,12,17-19,21-23H2,1-6H3,(H,45,52)(H,46,51)(H,53,54)(H4,42,43,44);1H,2H3;1,10-11H;25*1H/b;;2-1?,4-3+,6-5+,8-7+;;;;;;;;;;;;;;;;;;;;;;;;;/t26-,29+,30+,33-,37-;;;;;;;;;;;;;;;;;;;;;;;;;;;/m0.........................../s1. The lowest BCUT2D eigenvalue weighted by atomic mass is 9.85. The van der Waals surface area contributed by atoms with Crippen molar-refractivity contribution in [3.63, 3.8) is 0 Å². The number of methoxy groups -OCH3 is 1. The fraction of sp³-hybridized carbons (Fsp3) is 0.263. The summed E-state index contributed by atoms with van der Waals surface area (Å²) in [5.41, 5.74) is 19.4. The number of hydrogen-bond acceptors (Lipinski definition) is 17. The van der Waals surface area contributed by atoms with E-state index >= 15 is 0 Å². The molecule has 110 heavy (non-hydrogen) atoms. The SMILES string of the molecule is C#CC#CC#CC#CC#CC#CC#CC#CC#CC#CC#CC#CC#CC#CC#CC#CC#CC#CC#CC.CC[C@H](C)[C@H](NC(=O)[C@@H](CC(=O)[C@H](CCCN=C(N)N)NC(=O)c1cc(C)n(-c2cccc(OC)c2)n1)CC(C)C)C(=O)C[C@@H](Cc1ccccc1)C(=O)O.N=N/N=N/N=N/N=N/N(OOO)OOOO.[HH].[HH].[HH].[HH].[HH].[HH].[HH].[HH].[HH].[HH].[HH].[HH].[HH].[HH].[HH].[HH].[HH].[HH].[HH].[HH].[HH].[HH].[HH].[HH].[HH]. The van der Waals surface area contributed by atoms with Gasteiger partial charge in [-0.05, 0) is 216 Å². The Kier molecular flexibility index (Phi) is 51.6. The number of aromatic nitrogens is 2. The quantitative estimate of drug-likeness (QED) is 0.00547. The number of terminal acetylenes is 1. The highest BCUT2D eigenvalue weighted by Gasteiger charge is 2.34. The molecule has 2 amide bonds. The number of carboxylic acid groups (broad SMARTS) is 1. The molecule has 1 heterocycles. The van der Waals surface area contributed by atoms with Crippen molar-refractivity contribution in [3.8, 4) is 237 Å². The first kappa shape index (κ1) is 92.0. The van der Waals surface area contributed by atoms with Gasteiger partial charge in [-0.2, -0.15) is 10.6 Å². The largest absolute Gasteiger partial charge is 0.497 e. The Labute approximate surface area is 673 Å². The minimum atomic E-state index is -1.09. The second-order valence-corrected chi connectivity index (χ2v) is 20.5. The number of aryl methyl sites for hydroxylation is 1. The van der Waals surface area contributed by atoms with Gasteiger partial charge in [-0.25, -0.2) is 15.2 Å².